The van der Waals surface area contributed by atoms with Gasteiger partial charge in [0.15, 0.2) is 0 Å². The summed E-state index contributed by atoms with van der Waals surface area (Å²) in [6, 6.07) is 12.2. The van der Waals surface area contributed by atoms with E-state index in [1.807, 2.05) is 22.7 Å². The Morgan fingerprint density at radius 1 is 1.13 bits per heavy atom. The average molecular weight is 423 g/mol. The van der Waals surface area contributed by atoms with Crippen LogP contribution < -0.4 is 10.6 Å². The third kappa shape index (κ3) is 3.74. The normalized spacial score (nSPS) is 16.3. The number of hydrogen-bond donors (Lipinski definition) is 2. The molecule has 4 heterocycles. The lowest BCUT2D eigenvalue weighted by atomic mass is 10.1. The van der Waals surface area contributed by atoms with Gasteiger partial charge < -0.3 is 15.0 Å². The van der Waals surface area contributed by atoms with Gasteiger partial charge in [0.1, 0.15) is 11.5 Å². The zero-order valence-electron chi connectivity index (χ0n) is 16.1. The molecule has 1 aromatic carbocycles. The quantitative estimate of drug-likeness (QED) is 0.491. The SMILES string of the molecule is Fc1ccc(-c2nc3ccc(Cl)cn3c2CNc2nccc(C3CCCN3)n2)cc1. The third-order valence-corrected chi connectivity index (χ3v) is 5.53. The van der Waals surface area contributed by atoms with E-state index >= 15 is 0 Å². The van der Waals surface area contributed by atoms with Crippen molar-refractivity contribution < 1.29 is 4.39 Å². The van der Waals surface area contributed by atoms with E-state index in [2.05, 4.69) is 20.6 Å². The van der Waals surface area contributed by atoms with Crippen LogP contribution in [-0.4, -0.2) is 25.9 Å². The van der Waals surface area contributed by atoms with Crippen LogP contribution in [0.2, 0.25) is 5.02 Å². The van der Waals surface area contributed by atoms with Gasteiger partial charge in [-0.3, -0.25) is 0 Å². The lowest BCUT2D eigenvalue weighted by Crippen LogP contribution is -2.15. The third-order valence-electron chi connectivity index (χ3n) is 5.31. The number of benzene rings is 1. The van der Waals surface area contributed by atoms with E-state index in [9.17, 15) is 4.39 Å². The molecule has 5 rings (SSSR count). The Bertz CT molecular complexity index is 1180. The zero-order chi connectivity index (χ0) is 20.5. The summed E-state index contributed by atoms with van der Waals surface area (Å²) >= 11 is 6.23. The van der Waals surface area contributed by atoms with E-state index in [0.29, 0.717) is 17.5 Å². The molecule has 6 nitrogen and oxygen atoms in total. The van der Waals surface area contributed by atoms with Gasteiger partial charge in [-0.1, -0.05) is 11.6 Å². The predicted molar refractivity (Wildman–Crippen MR) is 115 cm³/mol. The van der Waals surface area contributed by atoms with Gasteiger partial charge in [0, 0.05) is 24.0 Å². The molecule has 1 atom stereocenters. The number of rotatable bonds is 5. The van der Waals surface area contributed by atoms with Gasteiger partial charge in [-0.2, -0.15) is 0 Å². The van der Waals surface area contributed by atoms with Gasteiger partial charge in [-0.15, -0.1) is 0 Å². The van der Waals surface area contributed by atoms with Crippen molar-refractivity contribution in [2.24, 2.45) is 0 Å². The number of imidazole rings is 1. The second-order valence-electron chi connectivity index (χ2n) is 7.30. The number of halogens is 2. The van der Waals surface area contributed by atoms with E-state index in [-0.39, 0.29) is 11.9 Å². The van der Waals surface area contributed by atoms with E-state index in [1.54, 1.807) is 24.4 Å². The van der Waals surface area contributed by atoms with Crippen molar-refractivity contribution in [1.82, 2.24) is 24.7 Å². The molecule has 152 valence electrons. The number of anilines is 1. The van der Waals surface area contributed by atoms with Crippen molar-refractivity contribution in [2.75, 3.05) is 11.9 Å². The second kappa shape index (κ2) is 8.01. The minimum atomic E-state index is -0.282. The summed E-state index contributed by atoms with van der Waals surface area (Å²) in [5, 5.41) is 7.38. The van der Waals surface area contributed by atoms with Crippen LogP contribution >= 0.6 is 11.6 Å². The maximum absolute atomic E-state index is 13.4. The van der Waals surface area contributed by atoms with Crippen molar-refractivity contribution in [1.29, 1.82) is 0 Å². The van der Waals surface area contributed by atoms with Crippen molar-refractivity contribution in [3.05, 3.63) is 77.1 Å². The average Bonchev–Trinajstić information content (AvgIpc) is 3.41. The molecular formula is C22H20ClFN6. The minimum absolute atomic E-state index is 0.276. The van der Waals surface area contributed by atoms with Gasteiger partial charge in [0.25, 0.3) is 0 Å². The predicted octanol–water partition coefficient (Wildman–Crippen LogP) is 4.62. The highest BCUT2D eigenvalue weighted by Gasteiger charge is 2.19. The van der Waals surface area contributed by atoms with Crippen LogP contribution in [0, 0.1) is 5.82 Å². The Morgan fingerprint density at radius 2 is 2.00 bits per heavy atom. The van der Waals surface area contributed by atoms with Crippen molar-refractivity contribution >= 4 is 23.2 Å². The summed E-state index contributed by atoms with van der Waals surface area (Å²) in [6.45, 7) is 1.46. The summed E-state index contributed by atoms with van der Waals surface area (Å²) in [5.74, 6) is 0.277. The first-order valence-electron chi connectivity index (χ1n) is 9.90. The molecule has 0 spiro atoms. The highest BCUT2D eigenvalue weighted by molar-refractivity contribution is 6.30. The molecule has 0 radical (unpaired) electrons. The molecule has 3 aromatic heterocycles. The van der Waals surface area contributed by atoms with Crippen LogP contribution in [0.3, 0.4) is 0 Å². The molecule has 0 aliphatic carbocycles. The first-order chi connectivity index (χ1) is 14.7. The van der Waals surface area contributed by atoms with Crippen LogP contribution in [0.1, 0.15) is 30.3 Å². The van der Waals surface area contributed by atoms with Crippen LogP contribution in [0.5, 0.6) is 0 Å². The highest BCUT2D eigenvalue weighted by Crippen LogP contribution is 2.27. The van der Waals surface area contributed by atoms with Gasteiger partial charge in [0.05, 0.1) is 28.6 Å². The number of fused-ring (bicyclic) bond motifs is 1. The summed E-state index contributed by atoms with van der Waals surface area (Å²) in [6.07, 6.45) is 5.84. The van der Waals surface area contributed by atoms with E-state index in [4.69, 9.17) is 16.6 Å². The second-order valence-corrected chi connectivity index (χ2v) is 7.73. The van der Waals surface area contributed by atoms with Crippen LogP contribution in [0.25, 0.3) is 16.9 Å². The topological polar surface area (TPSA) is 67.1 Å². The fourth-order valence-electron chi connectivity index (χ4n) is 3.83. The first-order valence-corrected chi connectivity index (χ1v) is 10.3. The largest absolute Gasteiger partial charge is 0.349 e. The van der Waals surface area contributed by atoms with E-state index in [1.165, 1.54) is 12.1 Å². The maximum Gasteiger partial charge on any atom is 0.223 e. The summed E-state index contributed by atoms with van der Waals surface area (Å²) in [4.78, 5) is 13.8. The number of pyridine rings is 1. The number of nitrogens with zero attached hydrogens (tertiary/aromatic N) is 4. The van der Waals surface area contributed by atoms with Crippen LogP contribution in [0.4, 0.5) is 10.3 Å². The monoisotopic (exact) mass is 422 g/mol. The molecule has 30 heavy (non-hydrogen) atoms. The standard InChI is InChI=1S/C22H20ClFN6/c23-15-5-8-20-29-21(14-3-6-16(24)7-4-14)19(30(20)13-15)12-27-22-26-11-9-18(28-22)17-2-1-10-25-17/h3-9,11,13,17,25H,1-2,10,12H2,(H,26,27,28). The molecule has 0 saturated carbocycles. The summed E-state index contributed by atoms with van der Waals surface area (Å²) in [7, 11) is 0. The Kier molecular flexibility index (Phi) is 5.06. The molecule has 1 aliphatic rings. The summed E-state index contributed by atoms with van der Waals surface area (Å²) in [5.41, 5.74) is 4.24. The maximum atomic E-state index is 13.4. The molecule has 1 fully saturated rings. The zero-order valence-corrected chi connectivity index (χ0v) is 16.9. The first kappa shape index (κ1) is 19.0. The van der Waals surface area contributed by atoms with Gasteiger partial charge >= 0.3 is 0 Å². The number of nitrogens with one attached hydrogen (secondary N) is 2. The van der Waals surface area contributed by atoms with Crippen molar-refractivity contribution in [3.8, 4) is 11.3 Å². The molecular weight excluding hydrogens is 403 g/mol. The number of aromatic nitrogens is 4. The molecule has 4 aromatic rings. The van der Waals surface area contributed by atoms with Crippen molar-refractivity contribution in [3.63, 3.8) is 0 Å². The molecule has 2 N–H and O–H groups in total. The fourth-order valence-corrected chi connectivity index (χ4v) is 3.99. The Hall–Kier alpha value is -3.03. The van der Waals surface area contributed by atoms with Gasteiger partial charge in [-0.25, -0.2) is 19.3 Å². The minimum Gasteiger partial charge on any atom is -0.349 e. The molecule has 1 saturated heterocycles. The number of hydrogen-bond acceptors (Lipinski definition) is 5. The highest BCUT2D eigenvalue weighted by atomic mass is 35.5. The Balaban J connectivity index is 1.49. The molecule has 0 amide bonds. The van der Waals surface area contributed by atoms with Crippen LogP contribution in [0.15, 0.2) is 54.9 Å². The van der Waals surface area contributed by atoms with Crippen molar-refractivity contribution in [2.45, 2.75) is 25.4 Å². The summed E-state index contributed by atoms with van der Waals surface area (Å²) < 4.78 is 15.4. The fraction of sp³-hybridized carbons (Fsp3) is 0.227. The van der Waals surface area contributed by atoms with Gasteiger partial charge in [0.2, 0.25) is 5.95 Å². The van der Waals surface area contributed by atoms with E-state index in [0.717, 1.165) is 47.7 Å². The smallest absolute Gasteiger partial charge is 0.223 e. The molecule has 0 bridgehead atoms. The molecule has 1 unspecified atom stereocenters. The Labute approximate surface area is 178 Å². The lowest BCUT2D eigenvalue weighted by molar-refractivity contribution is 0.626. The molecule has 8 heteroatoms. The van der Waals surface area contributed by atoms with Gasteiger partial charge in [-0.05, 0) is 61.9 Å². The Morgan fingerprint density at radius 3 is 2.80 bits per heavy atom. The van der Waals surface area contributed by atoms with E-state index < -0.39 is 0 Å². The lowest BCUT2D eigenvalue weighted by Gasteiger charge is -2.12. The molecule has 1 aliphatic heterocycles. The van der Waals surface area contributed by atoms with Crippen LogP contribution in [-0.2, 0) is 6.54 Å².